The number of ether oxygens (including phenoxy) is 1. The third kappa shape index (κ3) is 6.10. The molecular formula is C21H29N3O5. The molecule has 1 aliphatic heterocycles. The number of carbonyl (C=O) groups is 3. The van der Waals surface area contributed by atoms with Crippen LogP contribution in [0.2, 0.25) is 0 Å². The number of hydrogen-bond acceptors (Lipinski definition) is 4. The second kappa shape index (κ2) is 10.1. The molecule has 0 spiro atoms. The minimum atomic E-state index is -1.13. The minimum absolute atomic E-state index is 0.0702. The van der Waals surface area contributed by atoms with Gasteiger partial charge in [0.1, 0.15) is 6.61 Å². The van der Waals surface area contributed by atoms with Gasteiger partial charge in [0.05, 0.1) is 0 Å². The first-order valence-corrected chi connectivity index (χ1v) is 10.3. The molecule has 1 atom stereocenters. The van der Waals surface area contributed by atoms with E-state index in [0.717, 1.165) is 23.4 Å². The van der Waals surface area contributed by atoms with E-state index >= 15 is 0 Å². The van der Waals surface area contributed by atoms with Crippen molar-refractivity contribution in [3.8, 4) is 0 Å². The van der Waals surface area contributed by atoms with Crippen LogP contribution in [0.5, 0.6) is 0 Å². The maximum Gasteiger partial charge on any atom is 0.426 e. The summed E-state index contributed by atoms with van der Waals surface area (Å²) in [4.78, 5) is 36.4. The first-order valence-electron chi connectivity index (χ1n) is 10.3. The molecule has 2 fully saturated rings. The monoisotopic (exact) mass is 403 g/mol. The van der Waals surface area contributed by atoms with Crippen LogP contribution in [0.1, 0.15) is 50.5 Å². The number of alkyl carbamates (subject to hydrolysis) is 1. The Kier molecular flexibility index (Phi) is 7.32. The van der Waals surface area contributed by atoms with E-state index in [4.69, 9.17) is 4.74 Å². The van der Waals surface area contributed by atoms with Crippen molar-refractivity contribution >= 4 is 18.1 Å². The average Bonchev–Trinajstić information content (AvgIpc) is 3.39. The van der Waals surface area contributed by atoms with E-state index in [9.17, 15) is 19.5 Å². The molecule has 1 unspecified atom stereocenters. The van der Waals surface area contributed by atoms with Crippen LogP contribution in [-0.4, -0.2) is 52.3 Å². The molecule has 0 radical (unpaired) electrons. The van der Waals surface area contributed by atoms with Gasteiger partial charge in [-0.15, -0.1) is 0 Å². The number of carbonyl (C=O) groups excluding carboxylic acids is 2. The van der Waals surface area contributed by atoms with Gasteiger partial charge in [-0.25, -0.2) is 19.6 Å². The number of carboxylic acid groups (broad SMARTS) is 1. The van der Waals surface area contributed by atoms with Gasteiger partial charge in [0.2, 0.25) is 5.91 Å². The van der Waals surface area contributed by atoms with Gasteiger partial charge < -0.3 is 15.2 Å². The summed E-state index contributed by atoms with van der Waals surface area (Å²) in [6.07, 6.45) is 4.24. The third-order valence-electron chi connectivity index (χ3n) is 5.59. The third-order valence-corrected chi connectivity index (χ3v) is 5.59. The summed E-state index contributed by atoms with van der Waals surface area (Å²) in [7, 11) is 0. The summed E-state index contributed by atoms with van der Waals surface area (Å²) in [5, 5.41) is 14.4. The summed E-state index contributed by atoms with van der Waals surface area (Å²) >= 11 is 0. The normalized spacial score (nSPS) is 17.9. The highest BCUT2D eigenvalue weighted by atomic mass is 16.5. The Morgan fingerprint density at radius 1 is 1.07 bits per heavy atom. The zero-order valence-corrected chi connectivity index (χ0v) is 16.6. The second-order valence-electron chi connectivity index (χ2n) is 7.77. The lowest BCUT2D eigenvalue weighted by molar-refractivity contribution is -0.141. The summed E-state index contributed by atoms with van der Waals surface area (Å²) in [5.41, 5.74) is 0.889. The number of benzene rings is 1. The van der Waals surface area contributed by atoms with E-state index in [2.05, 4.69) is 5.32 Å². The smallest absolute Gasteiger partial charge is 0.426 e. The SMILES string of the molecule is O=C(NC(CC(=O)N1CCCN1C(=O)O)CC1CCCC1)OCc1ccccc1. The van der Waals surface area contributed by atoms with Crippen molar-refractivity contribution in [2.24, 2.45) is 5.92 Å². The Morgan fingerprint density at radius 3 is 2.45 bits per heavy atom. The quantitative estimate of drug-likeness (QED) is 0.727. The van der Waals surface area contributed by atoms with E-state index in [1.54, 1.807) is 0 Å². The van der Waals surface area contributed by atoms with Crippen LogP contribution in [0.4, 0.5) is 9.59 Å². The van der Waals surface area contributed by atoms with Crippen LogP contribution in [-0.2, 0) is 16.1 Å². The van der Waals surface area contributed by atoms with Gasteiger partial charge in [-0.1, -0.05) is 56.0 Å². The molecule has 8 nitrogen and oxygen atoms in total. The lowest BCUT2D eigenvalue weighted by atomic mass is 9.96. The Hall–Kier alpha value is -2.77. The lowest BCUT2D eigenvalue weighted by Crippen LogP contribution is -2.47. The highest BCUT2D eigenvalue weighted by Crippen LogP contribution is 2.29. The summed E-state index contributed by atoms with van der Waals surface area (Å²) in [6.45, 7) is 0.871. The molecule has 1 saturated carbocycles. The molecule has 2 aliphatic rings. The molecule has 1 heterocycles. The first-order chi connectivity index (χ1) is 14.0. The zero-order valence-electron chi connectivity index (χ0n) is 16.6. The standard InChI is InChI=1S/C21H29N3O5/c25-19(23-11-6-12-24(23)21(27)28)14-18(13-16-7-4-5-8-16)22-20(26)29-15-17-9-2-1-3-10-17/h1-3,9-10,16,18H,4-8,11-15H2,(H,22,26)(H,27,28). The molecule has 1 saturated heterocycles. The second-order valence-corrected chi connectivity index (χ2v) is 7.77. The largest absolute Gasteiger partial charge is 0.464 e. The van der Waals surface area contributed by atoms with Gasteiger partial charge in [-0.05, 0) is 24.3 Å². The highest BCUT2D eigenvalue weighted by Gasteiger charge is 2.33. The van der Waals surface area contributed by atoms with E-state index in [-0.39, 0.29) is 25.0 Å². The van der Waals surface area contributed by atoms with Gasteiger partial charge in [-0.2, -0.15) is 0 Å². The van der Waals surface area contributed by atoms with E-state index in [1.165, 1.54) is 17.9 Å². The van der Waals surface area contributed by atoms with Crippen molar-refractivity contribution in [2.45, 2.75) is 57.6 Å². The molecule has 158 valence electrons. The maximum absolute atomic E-state index is 12.7. The molecule has 0 bridgehead atoms. The number of hydrazine groups is 1. The van der Waals surface area contributed by atoms with Gasteiger partial charge in [0, 0.05) is 25.6 Å². The zero-order chi connectivity index (χ0) is 20.6. The molecule has 2 N–H and O–H groups in total. The Balaban J connectivity index is 1.57. The number of rotatable bonds is 7. The average molecular weight is 403 g/mol. The molecular weight excluding hydrogens is 374 g/mol. The van der Waals surface area contributed by atoms with Crippen molar-refractivity contribution in [3.05, 3.63) is 35.9 Å². The van der Waals surface area contributed by atoms with Crippen molar-refractivity contribution in [3.63, 3.8) is 0 Å². The Labute approximate surface area is 170 Å². The van der Waals surface area contributed by atoms with Gasteiger partial charge in [0.15, 0.2) is 0 Å². The lowest BCUT2D eigenvalue weighted by Gasteiger charge is -2.28. The minimum Gasteiger partial charge on any atom is -0.464 e. The van der Waals surface area contributed by atoms with Gasteiger partial charge in [-0.3, -0.25) is 4.79 Å². The number of nitrogens with one attached hydrogen (secondary N) is 1. The topological polar surface area (TPSA) is 99.2 Å². The summed E-state index contributed by atoms with van der Waals surface area (Å²) < 4.78 is 5.31. The Bertz CT molecular complexity index is 706. The van der Waals surface area contributed by atoms with Crippen molar-refractivity contribution in [2.75, 3.05) is 13.1 Å². The van der Waals surface area contributed by atoms with E-state index < -0.39 is 12.2 Å². The highest BCUT2D eigenvalue weighted by molar-refractivity contribution is 5.80. The molecule has 3 rings (SSSR count). The fraction of sp³-hybridized carbons (Fsp3) is 0.571. The molecule has 8 heteroatoms. The van der Waals surface area contributed by atoms with Crippen LogP contribution in [0.25, 0.3) is 0 Å². The number of hydrogen-bond donors (Lipinski definition) is 2. The molecule has 29 heavy (non-hydrogen) atoms. The fourth-order valence-corrected chi connectivity index (χ4v) is 4.16. The maximum atomic E-state index is 12.7. The Morgan fingerprint density at radius 2 is 1.76 bits per heavy atom. The molecule has 1 aliphatic carbocycles. The van der Waals surface area contributed by atoms with Crippen LogP contribution in [0.15, 0.2) is 30.3 Å². The summed E-state index contributed by atoms with van der Waals surface area (Å²) in [5.74, 6) is 0.188. The van der Waals surface area contributed by atoms with Gasteiger partial charge >= 0.3 is 12.2 Å². The van der Waals surface area contributed by atoms with Gasteiger partial charge in [0.25, 0.3) is 0 Å². The van der Waals surface area contributed by atoms with Crippen molar-refractivity contribution < 1.29 is 24.2 Å². The number of nitrogens with zero attached hydrogens (tertiary/aromatic N) is 2. The van der Waals surface area contributed by atoms with Crippen LogP contribution in [0, 0.1) is 5.92 Å². The molecule has 0 aromatic heterocycles. The molecule has 1 aromatic rings. The van der Waals surface area contributed by atoms with Crippen LogP contribution < -0.4 is 5.32 Å². The van der Waals surface area contributed by atoms with Crippen LogP contribution in [0.3, 0.4) is 0 Å². The molecule has 3 amide bonds. The van der Waals surface area contributed by atoms with Crippen molar-refractivity contribution in [1.29, 1.82) is 0 Å². The van der Waals surface area contributed by atoms with E-state index in [1.807, 2.05) is 30.3 Å². The van der Waals surface area contributed by atoms with E-state index in [0.29, 0.717) is 31.8 Å². The first kappa shape index (κ1) is 21.0. The predicted octanol–water partition coefficient (Wildman–Crippen LogP) is 3.38. The fourth-order valence-electron chi connectivity index (χ4n) is 4.16. The number of amides is 3. The molecule has 1 aromatic carbocycles. The van der Waals surface area contributed by atoms with Crippen LogP contribution >= 0.6 is 0 Å². The summed E-state index contributed by atoms with van der Waals surface area (Å²) in [6, 6.07) is 9.03. The predicted molar refractivity (Wildman–Crippen MR) is 106 cm³/mol. The van der Waals surface area contributed by atoms with Crippen molar-refractivity contribution in [1.82, 2.24) is 15.3 Å².